The highest BCUT2D eigenvalue weighted by molar-refractivity contribution is 5.65. The molecule has 0 saturated heterocycles. The predicted molar refractivity (Wildman–Crippen MR) is 53.4 cm³/mol. The van der Waals surface area contributed by atoms with Gasteiger partial charge in [0.25, 0.3) is 0 Å². The molecule has 0 bridgehead atoms. The summed E-state index contributed by atoms with van der Waals surface area (Å²) in [5.41, 5.74) is 3.81. The number of imidazole rings is 1. The number of rotatable bonds is 1. The second-order valence-corrected chi connectivity index (χ2v) is 3.47. The molecule has 0 saturated carbocycles. The van der Waals surface area contributed by atoms with Crippen LogP contribution in [-0.2, 0) is 7.05 Å². The molecule has 3 heteroatoms. The fourth-order valence-corrected chi connectivity index (χ4v) is 1.64. The fourth-order valence-electron chi connectivity index (χ4n) is 1.64. The van der Waals surface area contributed by atoms with Crippen molar-refractivity contribution >= 4 is 5.57 Å². The second kappa shape index (κ2) is 3.34. The molecule has 1 aliphatic heterocycles. The van der Waals surface area contributed by atoms with Crippen molar-refractivity contribution in [3.63, 3.8) is 0 Å². The van der Waals surface area contributed by atoms with Gasteiger partial charge in [-0.15, -0.1) is 0 Å². The van der Waals surface area contributed by atoms with Crippen molar-refractivity contribution in [1.29, 1.82) is 0 Å². The number of hydrogen-bond acceptors (Lipinski definition) is 2. The summed E-state index contributed by atoms with van der Waals surface area (Å²) in [6.07, 6.45) is 5.21. The van der Waals surface area contributed by atoms with E-state index in [1.54, 1.807) is 0 Å². The molecular weight excluding hydrogens is 162 g/mol. The lowest BCUT2D eigenvalue weighted by atomic mass is 10.0. The molecule has 0 aliphatic carbocycles. The molecule has 13 heavy (non-hydrogen) atoms. The quantitative estimate of drug-likeness (QED) is 0.696. The van der Waals surface area contributed by atoms with E-state index in [2.05, 4.69) is 27.9 Å². The molecule has 0 atom stereocenters. The van der Waals surface area contributed by atoms with Crippen LogP contribution in [0.5, 0.6) is 0 Å². The Morgan fingerprint density at radius 3 is 2.92 bits per heavy atom. The molecule has 3 nitrogen and oxygen atoms in total. The highest BCUT2D eigenvalue weighted by Crippen LogP contribution is 2.20. The Morgan fingerprint density at radius 2 is 2.38 bits per heavy atom. The standard InChI is InChI=1S/C10H15N3/c1-8-10(12-7-13(8)2)9-3-5-11-6-4-9/h3,7,11H,4-6H2,1-2H3. The lowest BCUT2D eigenvalue weighted by Crippen LogP contribution is -2.20. The zero-order chi connectivity index (χ0) is 9.26. The Labute approximate surface area is 78.5 Å². The van der Waals surface area contributed by atoms with Crippen LogP contribution in [0.4, 0.5) is 0 Å². The van der Waals surface area contributed by atoms with Gasteiger partial charge in [0.15, 0.2) is 0 Å². The monoisotopic (exact) mass is 177 g/mol. The first-order valence-electron chi connectivity index (χ1n) is 4.67. The number of nitrogens with one attached hydrogen (secondary N) is 1. The topological polar surface area (TPSA) is 29.9 Å². The van der Waals surface area contributed by atoms with E-state index in [0.29, 0.717) is 0 Å². The third-order valence-electron chi connectivity index (χ3n) is 2.60. The van der Waals surface area contributed by atoms with Gasteiger partial charge in [-0.2, -0.15) is 0 Å². The van der Waals surface area contributed by atoms with Gasteiger partial charge in [0, 0.05) is 19.3 Å². The van der Waals surface area contributed by atoms with E-state index >= 15 is 0 Å². The highest BCUT2D eigenvalue weighted by Gasteiger charge is 2.11. The summed E-state index contributed by atoms with van der Waals surface area (Å²) < 4.78 is 2.07. The van der Waals surface area contributed by atoms with Gasteiger partial charge in [-0.25, -0.2) is 4.98 Å². The molecule has 1 N–H and O–H groups in total. The highest BCUT2D eigenvalue weighted by atomic mass is 15.0. The Hall–Kier alpha value is -1.09. The van der Waals surface area contributed by atoms with E-state index in [1.165, 1.54) is 17.0 Å². The summed E-state index contributed by atoms with van der Waals surface area (Å²) in [6, 6.07) is 0. The van der Waals surface area contributed by atoms with Gasteiger partial charge in [0.1, 0.15) is 0 Å². The molecule has 0 aromatic carbocycles. The van der Waals surface area contributed by atoms with Crippen LogP contribution < -0.4 is 5.32 Å². The molecule has 1 aliphatic rings. The number of hydrogen-bond donors (Lipinski definition) is 1. The summed E-state index contributed by atoms with van der Waals surface area (Å²) in [5, 5.41) is 3.30. The van der Waals surface area contributed by atoms with E-state index in [0.717, 1.165) is 19.5 Å². The van der Waals surface area contributed by atoms with E-state index in [9.17, 15) is 0 Å². The van der Waals surface area contributed by atoms with Crippen molar-refractivity contribution in [3.05, 3.63) is 23.8 Å². The van der Waals surface area contributed by atoms with E-state index in [1.807, 2.05) is 13.4 Å². The average Bonchev–Trinajstić information content (AvgIpc) is 2.49. The van der Waals surface area contributed by atoms with Gasteiger partial charge < -0.3 is 9.88 Å². The molecular formula is C10H15N3. The van der Waals surface area contributed by atoms with Crippen LogP contribution >= 0.6 is 0 Å². The molecule has 1 aromatic heterocycles. The van der Waals surface area contributed by atoms with Crippen LogP contribution in [-0.4, -0.2) is 22.6 Å². The summed E-state index contributed by atoms with van der Waals surface area (Å²) in [7, 11) is 2.04. The SMILES string of the molecule is Cc1c(C2=CCNCC2)ncn1C. The van der Waals surface area contributed by atoms with Gasteiger partial charge in [-0.3, -0.25) is 0 Å². The number of nitrogens with zero attached hydrogens (tertiary/aromatic N) is 2. The maximum atomic E-state index is 4.41. The third-order valence-corrected chi connectivity index (χ3v) is 2.60. The third kappa shape index (κ3) is 1.52. The zero-order valence-corrected chi connectivity index (χ0v) is 8.17. The predicted octanol–water partition coefficient (Wildman–Crippen LogP) is 1.11. The Balaban J connectivity index is 2.34. The lowest BCUT2D eigenvalue weighted by molar-refractivity contribution is 0.736. The van der Waals surface area contributed by atoms with Gasteiger partial charge in [0.05, 0.1) is 12.0 Å². The van der Waals surface area contributed by atoms with Crippen molar-refractivity contribution < 1.29 is 0 Å². The Kier molecular flexibility index (Phi) is 2.19. The minimum Gasteiger partial charge on any atom is -0.337 e. The second-order valence-electron chi connectivity index (χ2n) is 3.47. The van der Waals surface area contributed by atoms with Gasteiger partial charge >= 0.3 is 0 Å². The number of aryl methyl sites for hydroxylation is 1. The summed E-state index contributed by atoms with van der Waals surface area (Å²) in [4.78, 5) is 4.41. The molecule has 0 amide bonds. The summed E-state index contributed by atoms with van der Waals surface area (Å²) in [6.45, 7) is 4.17. The molecule has 0 spiro atoms. The summed E-state index contributed by atoms with van der Waals surface area (Å²) >= 11 is 0. The average molecular weight is 177 g/mol. The van der Waals surface area contributed by atoms with Crippen LogP contribution in [0.3, 0.4) is 0 Å². The van der Waals surface area contributed by atoms with Crippen molar-refractivity contribution in [2.24, 2.45) is 7.05 Å². The van der Waals surface area contributed by atoms with Crippen molar-refractivity contribution in [2.75, 3.05) is 13.1 Å². The molecule has 0 unspecified atom stereocenters. The Morgan fingerprint density at radius 1 is 1.54 bits per heavy atom. The summed E-state index contributed by atoms with van der Waals surface area (Å²) in [5.74, 6) is 0. The first kappa shape index (κ1) is 8.51. The first-order valence-corrected chi connectivity index (χ1v) is 4.67. The molecule has 0 fully saturated rings. The van der Waals surface area contributed by atoms with E-state index in [-0.39, 0.29) is 0 Å². The minimum atomic E-state index is 0.978. The van der Waals surface area contributed by atoms with Crippen molar-refractivity contribution in [2.45, 2.75) is 13.3 Å². The molecule has 2 heterocycles. The smallest absolute Gasteiger partial charge is 0.0953 e. The molecule has 0 radical (unpaired) electrons. The van der Waals surface area contributed by atoms with Gasteiger partial charge in [-0.05, 0) is 25.5 Å². The lowest BCUT2D eigenvalue weighted by Gasteiger charge is -2.12. The zero-order valence-electron chi connectivity index (χ0n) is 8.17. The van der Waals surface area contributed by atoms with Crippen LogP contribution in [0.2, 0.25) is 0 Å². The molecule has 2 rings (SSSR count). The first-order chi connectivity index (χ1) is 6.29. The van der Waals surface area contributed by atoms with Crippen molar-refractivity contribution in [1.82, 2.24) is 14.9 Å². The van der Waals surface area contributed by atoms with E-state index < -0.39 is 0 Å². The minimum absolute atomic E-state index is 0.978. The van der Waals surface area contributed by atoms with Crippen LogP contribution in [0, 0.1) is 6.92 Å². The van der Waals surface area contributed by atoms with Gasteiger partial charge in [-0.1, -0.05) is 6.08 Å². The van der Waals surface area contributed by atoms with Crippen LogP contribution in [0.25, 0.3) is 5.57 Å². The Bertz CT molecular complexity index is 336. The van der Waals surface area contributed by atoms with Crippen LogP contribution in [0.15, 0.2) is 12.4 Å². The molecule has 70 valence electrons. The van der Waals surface area contributed by atoms with E-state index in [4.69, 9.17) is 0 Å². The molecule has 1 aromatic rings. The normalized spacial score (nSPS) is 17.2. The van der Waals surface area contributed by atoms with Crippen LogP contribution in [0.1, 0.15) is 17.8 Å². The maximum absolute atomic E-state index is 4.41. The number of aromatic nitrogens is 2. The van der Waals surface area contributed by atoms with Crippen molar-refractivity contribution in [3.8, 4) is 0 Å². The maximum Gasteiger partial charge on any atom is 0.0953 e. The van der Waals surface area contributed by atoms with Gasteiger partial charge in [0.2, 0.25) is 0 Å². The largest absolute Gasteiger partial charge is 0.337 e. The fraction of sp³-hybridized carbons (Fsp3) is 0.500.